The molecule has 1 nitrogen and oxygen atoms in total. The molecule has 0 spiro atoms. The summed E-state index contributed by atoms with van der Waals surface area (Å²) >= 11 is 0. The zero-order chi connectivity index (χ0) is 13.9. The third-order valence-corrected chi connectivity index (χ3v) is 4.35. The van der Waals surface area contributed by atoms with Gasteiger partial charge in [0.15, 0.2) is 5.78 Å². The van der Waals surface area contributed by atoms with Gasteiger partial charge in [0, 0.05) is 11.5 Å². The van der Waals surface area contributed by atoms with Crippen molar-refractivity contribution in [1.29, 1.82) is 0 Å². The van der Waals surface area contributed by atoms with E-state index < -0.39 is 0 Å². The minimum Gasteiger partial charge on any atom is -0.293 e. The molecule has 1 aliphatic rings. The Balaban J connectivity index is 2.00. The summed E-state index contributed by atoms with van der Waals surface area (Å²) in [6, 6.07) is 16.5. The minimum atomic E-state index is 0.0487. The van der Waals surface area contributed by atoms with Crippen LogP contribution in [-0.2, 0) is 12.8 Å². The number of benzene rings is 2. The topological polar surface area (TPSA) is 17.1 Å². The van der Waals surface area contributed by atoms with Crippen molar-refractivity contribution in [3.05, 3.63) is 70.8 Å². The third kappa shape index (κ3) is 2.29. The number of fused-ring (bicyclic) bond motifs is 1. The van der Waals surface area contributed by atoms with Crippen LogP contribution in [-0.4, -0.2) is 5.78 Å². The van der Waals surface area contributed by atoms with Gasteiger partial charge in [-0.2, -0.15) is 0 Å². The Bertz CT molecular complexity index is 627. The molecule has 0 heterocycles. The van der Waals surface area contributed by atoms with E-state index in [4.69, 9.17) is 0 Å². The maximum atomic E-state index is 12.9. The lowest BCUT2D eigenvalue weighted by Gasteiger charge is -2.25. The fourth-order valence-corrected chi connectivity index (χ4v) is 3.28. The van der Waals surface area contributed by atoms with E-state index in [9.17, 15) is 4.79 Å². The Morgan fingerprint density at radius 2 is 1.85 bits per heavy atom. The van der Waals surface area contributed by atoms with E-state index in [1.807, 2.05) is 18.2 Å². The van der Waals surface area contributed by atoms with Gasteiger partial charge in [0.2, 0.25) is 0 Å². The van der Waals surface area contributed by atoms with Crippen molar-refractivity contribution in [2.24, 2.45) is 0 Å². The number of carbonyl (C=O) groups excluding carboxylic acids is 1. The molecule has 1 aliphatic carbocycles. The Morgan fingerprint density at radius 3 is 2.70 bits per heavy atom. The van der Waals surface area contributed by atoms with Crippen molar-refractivity contribution in [2.45, 2.75) is 38.5 Å². The molecular weight excluding hydrogens is 244 g/mol. The van der Waals surface area contributed by atoms with Crippen LogP contribution in [0.2, 0.25) is 0 Å². The zero-order valence-corrected chi connectivity index (χ0v) is 11.9. The first kappa shape index (κ1) is 13.1. The third-order valence-electron chi connectivity index (χ3n) is 4.35. The van der Waals surface area contributed by atoms with Crippen LogP contribution in [0.25, 0.3) is 0 Å². The molecule has 0 aliphatic heterocycles. The van der Waals surface area contributed by atoms with Crippen molar-refractivity contribution in [3.63, 3.8) is 0 Å². The molecule has 0 amide bonds. The molecule has 3 rings (SSSR count). The summed E-state index contributed by atoms with van der Waals surface area (Å²) in [7, 11) is 0. The Kier molecular flexibility index (Phi) is 3.68. The van der Waals surface area contributed by atoms with Crippen molar-refractivity contribution >= 4 is 5.78 Å². The summed E-state index contributed by atoms with van der Waals surface area (Å²) in [5.74, 6) is 0.349. The number of ketones is 1. The maximum Gasteiger partial charge on any atom is 0.170 e. The Labute approximate surface area is 120 Å². The second kappa shape index (κ2) is 5.62. The summed E-state index contributed by atoms with van der Waals surface area (Å²) in [5.41, 5.74) is 4.68. The van der Waals surface area contributed by atoms with Crippen LogP contribution in [0, 0.1) is 0 Å². The standard InChI is InChI=1S/C19H20O/c1-2-14-8-3-6-12-17(14)19(20)18-13-7-10-15-9-4-5-11-16(15)18/h3-6,8-9,11-12,18H,2,7,10,13H2,1H3. The highest BCUT2D eigenvalue weighted by molar-refractivity contribution is 6.02. The quantitative estimate of drug-likeness (QED) is 0.743. The molecule has 0 bridgehead atoms. The zero-order valence-electron chi connectivity index (χ0n) is 11.9. The van der Waals surface area contributed by atoms with Gasteiger partial charge in [-0.25, -0.2) is 0 Å². The second-order valence-corrected chi connectivity index (χ2v) is 5.52. The van der Waals surface area contributed by atoms with Gasteiger partial charge in [0.05, 0.1) is 0 Å². The first-order valence-electron chi connectivity index (χ1n) is 7.51. The lowest BCUT2D eigenvalue weighted by atomic mass is 9.78. The van der Waals surface area contributed by atoms with Crippen molar-refractivity contribution in [1.82, 2.24) is 0 Å². The van der Waals surface area contributed by atoms with Gasteiger partial charge < -0.3 is 0 Å². The molecule has 0 aromatic heterocycles. The predicted octanol–water partition coefficient (Wildman–Crippen LogP) is 4.55. The van der Waals surface area contributed by atoms with Gasteiger partial charge in [-0.15, -0.1) is 0 Å². The first-order chi connectivity index (χ1) is 9.81. The first-order valence-corrected chi connectivity index (χ1v) is 7.51. The molecule has 20 heavy (non-hydrogen) atoms. The van der Waals surface area contributed by atoms with Crippen molar-refractivity contribution in [3.8, 4) is 0 Å². The van der Waals surface area contributed by atoms with Gasteiger partial charge in [-0.05, 0) is 42.4 Å². The predicted molar refractivity (Wildman–Crippen MR) is 82.3 cm³/mol. The molecule has 2 aromatic carbocycles. The van der Waals surface area contributed by atoms with E-state index in [0.717, 1.165) is 31.2 Å². The summed E-state index contributed by atoms with van der Waals surface area (Å²) < 4.78 is 0. The highest BCUT2D eigenvalue weighted by atomic mass is 16.1. The molecule has 102 valence electrons. The fourth-order valence-electron chi connectivity index (χ4n) is 3.28. The molecule has 1 atom stereocenters. The number of aryl methyl sites for hydroxylation is 2. The monoisotopic (exact) mass is 264 g/mol. The Morgan fingerprint density at radius 1 is 1.10 bits per heavy atom. The van der Waals surface area contributed by atoms with E-state index in [1.54, 1.807) is 0 Å². The second-order valence-electron chi connectivity index (χ2n) is 5.52. The minimum absolute atomic E-state index is 0.0487. The van der Waals surface area contributed by atoms with Crippen LogP contribution >= 0.6 is 0 Å². The van der Waals surface area contributed by atoms with Crippen molar-refractivity contribution in [2.75, 3.05) is 0 Å². The average molecular weight is 264 g/mol. The van der Waals surface area contributed by atoms with Gasteiger partial charge in [0.1, 0.15) is 0 Å². The number of carbonyl (C=O) groups is 1. The van der Waals surface area contributed by atoms with E-state index in [1.165, 1.54) is 16.7 Å². The lowest BCUT2D eigenvalue weighted by molar-refractivity contribution is 0.0950. The molecular formula is C19H20O. The Hall–Kier alpha value is -1.89. The van der Waals surface area contributed by atoms with Gasteiger partial charge in [-0.1, -0.05) is 55.5 Å². The largest absolute Gasteiger partial charge is 0.293 e. The van der Waals surface area contributed by atoms with Gasteiger partial charge in [0.25, 0.3) is 0 Å². The number of hydrogen-bond acceptors (Lipinski definition) is 1. The SMILES string of the molecule is CCc1ccccc1C(=O)C1CCCc2ccccc21. The molecule has 0 saturated carbocycles. The summed E-state index contributed by atoms with van der Waals surface area (Å²) in [5, 5.41) is 0. The highest BCUT2D eigenvalue weighted by Gasteiger charge is 2.27. The maximum absolute atomic E-state index is 12.9. The number of hydrogen-bond donors (Lipinski definition) is 0. The van der Waals surface area contributed by atoms with E-state index in [2.05, 4.69) is 37.3 Å². The number of rotatable bonds is 3. The molecule has 1 unspecified atom stereocenters. The van der Waals surface area contributed by atoms with E-state index >= 15 is 0 Å². The van der Waals surface area contributed by atoms with Crippen LogP contribution in [0.3, 0.4) is 0 Å². The highest BCUT2D eigenvalue weighted by Crippen LogP contribution is 2.34. The van der Waals surface area contributed by atoms with Gasteiger partial charge >= 0.3 is 0 Å². The summed E-state index contributed by atoms with van der Waals surface area (Å²) in [6.07, 6.45) is 4.11. The van der Waals surface area contributed by atoms with Crippen LogP contribution in [0.1, 0.15) is 52.7 Å². The molecule has 0 N–H and O–H groups in total. The number of Topliss-reactive ketones (excluding diaryl/α,β-unsaturated/α-hetero) is 1. The van der Waals surface area contributed by atoms with Crippen LogP contribution in [0.15, 0.2) is 48.5 Å². The van der Waals surface area contributed by atoms with E-state index in [-0.39, 0.29) is 5.92 Å². The molecule has 0 fully saturated rings. The summed E-state index contributed by atoms with van der Waals surface area (Å²) in [4.78, 5) is 12.9. The molecule has 0 radical (unpaired) electrons. The molecule has 0 saturated heterocycles. The van der Waals surface area contributed by atoms with Crippen LogP contribution in [0.4, 0.5) is 0 Å². The molecule has 1 heteroatoms. The van der Waals surface area contributed by atoms with E-state index in [0.29, 0.717) is 5.78 Å². The summed E-state index contributed by atoms with van der Waals surface area (Å²) in [6.45, 7) is 2.11. The van der Waals surface area contributed by atoms with Crippen LogP contribution < -0.4 is 0 Å². The normalized spacial score (nSPS) is 17.6. The van der Waals surface area contributed by atoms with Gasteiger partial charge in [-0.3, -0.25) is 4.79 Å². The molecule has 2 aromatic rings. The smallest absolute Gasteiger partial charge is 0.170 e. The van der Waals surface area contributed by atoms with Crippen LogP contribution in [0.5, 0.6) is 0 Å². The lowest BCUT2D eigenvalue weighted by Crippen LogP contribution is -2.19. The fraction of sp³-hybridized carbons (Fsp3) is 0.316. The van der Waals surface area contributed by atoms with Crippen molar-refractivity contribution < 1.29 is 4.79 Å². The average Bonchev–Trinajstić information content (AvgIpc) is 2.53.